The van der Waals surface area contributed by atoms with Gasteiger partial charge >= 0.3 is 6.09 Å². The summed E-state index contributed by atoms with van der Waals surface area (Å²) in [7, 11) is 0.410. The van der Waals surface area contributed by atoms with E-state index in [1.807, 2.05) is 77.3 Å². The van der Waals surface area contributed by atoms with Crippen LogP contribution in [0.1, 0.15) is 33.3 Å². The van der Waals surface area contributed by atoms with Crippen LogP contribution in [0.4, 0.5) is 16.4 Å². The van der Waals surface area contributed by atoms with E-state index in [1.54, 1.807) is 17.1 Å². The summed E-state index contributed by atoms with van der Waals surface area (Å²) in [5, 5.41) is 11.4. The number of aryl methyl sites for hydroxylation is 1. The van der Waals surface area contributed by atoms with E-state index < -0.39 is 19.8 Å². The van der Waals surface area contributed by atoms with Gasteiger partial charge in [0, 0.05) is 47.7 Å². The highest BCUT2D eigenvalue weighted by Crippen LogP contribution is 2.30. The van der Waals surface area contributed by atoms with E-state index in [9.17, 15) is 4.79 Å². The summed E-state index contributed by atoms with van der Waals surface area (Å²) in [4.78, 5) is 21.4. The molecule has 0 aliphatic carbocycles. The molecule has 0 aliphatic rings. The number of rotatable bonds is 7. The molecule has 4 aromatic rings. The van der Waals surface area contributed by atoms with Gasteiger partial charge in [-0.05, 0) is 63.6 Å². The van der Waals surface area contributed by atoms with E-state index in [-0.39, 0.29) is 12.6 Å². The van der Waals surface area contributed by atoms with Gasteiger partial charge in [-0.2, -0.15) is 5.10 Å². The van der Waals surface area contributed by atoms with E-state index >= 15 is 0 Å². The summed E-state index contributed by atoms with van der Waals surface area (Å²) in [6.45, 7) is 14.3. The number of hydrogen-bond donors (Lipinski definition) is 2. The lowest BCUT2D eigenvalue weighted by atomic mass is 10.1. The molecule has 0 fully saturated rings. The maximum absolute atomic E-state index is 12.1. The minimum Gasteiger partial charge on any atom is -0.491 e. The van der Waals surface area contributed by atoms with Crippen LogP contribution in [0.15, 0.2) is 55.0 Å². The molecule has 2 N–H and O–H groups in total. The number of carbonyl (C=O) groups excluding carboxylic acids is 1. The van der Waals surface area contributed by atoms with Gasteiger partial charge in [0.15, 0.2) is 0 Å². The molecule has 1 amide bonds. The maximum atomic E-state index is 12.1. The van der Waals surface area contributed by atoms with Crippen LogP contribution in [-0.2, 0) is 11.8 Å². The molecule has 0 radical (unpaired) electrons. The van der Waals surface area contributed by atoms with Crippen LogP contribution >= 0.6 is 0 Å². The van der Waals surface area contributed by atoms with Crippen molar-refractivity contribution in [2.75, 3.05) is 11.9 Å². The monoisotopic (exact) mass is 570 g/mol. The van der Waals surface area contributed by atoms with Crippen LogP contribution < -0.4 is 15.4 Å². The molecule has 2 heterocycles. The van der Waals surface area contributed by atoms with Crippen molar-refractivity contribution in [1.29, 1.82) is 0 Å². The van der Waals surface area contributed by atoms with Crippen LogP contribution in [0.25, 0.3) is 22.0 Å². The van der Waals surface area contributed by atoms with Crippen molar-refractivity contribution in [3.8, 4) is 28.3 Å². The SMILES string of the molecule is C[C@@H](COc1cc(Nc2ncc3cc(C#C[Si](C)(C)C)ccc3n2)cc(-c2cnn(C)c2)c1)NC(=O)OC(C)(C)C. The third-order valence-electron chi connectivity index (χ3n) is 5.63. The molecule has 0 spiro atoms. The number of carbonyl (C=O) groups is 1. The van der Waals surface area contributed by atoms with Crippen LogP contribution in [0.5, 0.6) is 5.75 Å². The fourth-order valence-electron chi connectivity index (χ4n) is 3.82. The van der Waals surface area contributed by atoms with Crippen LogP contribution in [0, 0.1) is 11.5 Å². The van der Waals surface area contributed by atoms with Gasteiger partial charge < -0.3 is 20.1 Å². The van der Waals surface area contributed by atoms with E-state index in [4.69, 9.17) is 14.5 Å². The highest BCUT2D eigenvalue weighted by molar-refractivity contribution is 6.83. The van der Waals surface area contributed by atoms with Gasteiger partial charge in [0.05, 0.1) is 17.8 Å². The van der Waals surface area contributed by atoms with Crippen LogP contribution in [0.3, 0.4) is 0 Å². The topological polar surface area (TPSA) is 103 Å². The lowest BCUT2D eigenvalue weighted by molar-refractivity contribution is 0.0494. The first kappa shape index (κ1) is 29.6. The number of benzene rings is 2. The van der Waals surface area contributed by atoms with Crippen molar-refractivity contribution in [2.45, 2.75) is 59.0 Å². The summed E-state index contributed by atoms with van der Waals surface area (Å²) < 4.78 is 13.2. The van der Waals surface area contributed by atoms with Crippen molar-refractivity contribution in [3.05, 3.63) is 60.6 Å². The Bertz CT molecular complexity index is 1610. The first-order valence-corrected chi connectivity index (χ1v) is 17.1. The Balaban J connectivity index is 1.54. The summed E-state index contributed by atoms with van der Waals surface area (Å²) >= 11 is 0. The Hall–Kier alpha value is -4.36. The van der Waals surface area contributed by atoms with Crippen molar-refractivity contribution >= 4 is 36.7 Å². The minimum atomic E-state index is -1.46. The Kier molecular flexibility index (Phi) is 8.68. The lowest BCUT2D eigenvalue weighted by Gasteiger charge is -2.22. The standard InChI is InChI=1S/C31H38N6O3Si/c1-21(34-30(38)40-31(2,3)4)20-39-27-15-23(25-18-33-37(5)19-25)14-26(16-27)35-29-32-17-24-13-22(9-10-28(24)36-29)11-12-41(6,7)8/h9-10,13-19,21H,20H2,1-8H3,(H,34,38)(H,32,35,36)/t21-/m0/s1. The van der Waals surface area contributed by atoms with Gasteiger partial charge in [-0.15, -0.1) is 5.54 Å². The quantitative estimate of drug-likeness (QED) is 0.199. The summed E-state index contributed by atoms with van der Waals surface area (Å²) in [6, 6.07) is 11.5. The number of hydrogen-bond acceptors (Lipinski definition) is 7. The van der Waals surface area contributed by atoms with E-state index in [0.29, 0.717) is 11.7 Å². The van der Waals surface area contributed by atoms with E-state index in [2.05, 4.69) is 51.8 Å². The molecule has 1 atom stereocenters. The molecule has 41 heavy (non-hydrogen) atoms. The van der Waals surface area contributed by atoms with Gasteiger partial charge in [-0.25, -0.2) is 14.8 Å². The van der Waals surface area contributed by atoms with Crippen LogP contribution in [0.2, 0.25) is 19.6 Å². The molecule has 0 aliphatic heterocycles. The zero-order chi connectivity index (χ0) is 29.8. The summed E-state index contributed by atoms with van der Waals surface area (Å²) in [5.74, 6) is 4.38. The summed E-state index contributed by atoms with van der Waals surface area (Å²) in [6.07, 6.45) is 5.05. The Morgan fingerprint density at radius 1 is 1.10 bits per heavy atom. The highest BCUT2D eigenvalue weighted by atomic mass is 28.3. The second-order valence-corrected chi connectivity index (χ2v) is 16.8. The highest BCUT2D eigenvalue weighted by Gasteiger charge is 2.18. The molecule has 0 unspecified atom stereocenters. The Morgan fingerprint density at radius 2 is 1.88 bits per heavy atom. The van der Waals surface area contributed by atoms with Gasteiger partial charge in [-0.1, -0.05) is 25.6 Å². The first-order valence-electron chi connectivity index (χ1n) is 13.6. The summed E-state index contributed by atoms with van der Waals surface area (Å²) in [5.41, 5.74) is 7.22. The molecular formula is C31H38N6O3Si. The molecule has 4 rings (SSSR count). The van der Waals surface area contributed by atoms with Crippen molar-refractivity contribution < 1.29 is 14.3 Å². The molecule has 214 valence electrons. The molecular weight excluding hydrogens is 532 g/mol. The van der Waals surface area contributed by atoms with E-state index in [1.165, 1.54) is 0 Å². The lowest BCUT2D eigenvalue weighted by Crippen LogP contribution is -2.40. The number of nitrogens with zero attached hydrogens (tertiary/aromatic N) is 4. The predicted octanol–water partition coefficient (Wildman–Crippen LogP) is 6.29. The number of alkyl carbamates (subject to hydrolysis) is 1. The Labute approximate surface area is 242 Å². The zero-order valence-corrected chi connectivity index (χ0v) is 26.0. The van der Waals surface area contributed by atoms with Crippen molar-refractivity contribution in [1.82, 2.24) is 25.1 Å². The maximum Gasteiger partial charge on any atom is 0.407 e. The number of nitrogens with one attached hydrogen (secondary N) is 2. The average molecular weight is 571 g/mol. The van der Waals surface area contributed by atoms with Gasteiger partial charge in [0.1, 0.15) is 26.0 Å². The van der Waals surface area contributed by atoms with Gasteiger partial charge in [0.25, 0.3) is 0 Å². The number of ether oxygens (including phenoxy) is 2. The number of anilines is 2. The molecule has 9 nitrogen and oxygen atoms in total. The number of amides is 1. The fraction of sp³-hybridized carbons (Fsp3) is 0.355. The van der Waals surface area contributed by atoms with E-state index in [0.717, 1.165) is 33.3 Å². The van der Waals surface area contributed by atoms with Gasteiger partial charge in [0.2, 0.25) is 5.95 Å². The molecule has 0 saturated carbocycles. The smallest absolute Gasteiger partial charge is 0.407 e. The normalized spacial score (nSPS) is 12.3. The largest absolute Gasteiger partial charge is 0.491 e. The number of aromatic nitrogens is 4. The van der Waals surface area contributed by atoms with Crippen molar-refractivity contribution in [3.63, 3.8) is 0 Å². The number of fused-ring (bicyclic) bond motifs is 1. The Morgan fingerprint density at radius 3 is 2.56 bits per heavy atom. The molecule has 2 aromatic carbocycles. The predicted molar refractivity (Wildman–Crippen MR) is 166 cm³/mol. The third-order valence-corrected chi connectivity index (χ3v) is 6.50. The molecule has 10 heteroatoms. The first-order chi connectivity index (χ1) is 19.2. The second kappa shape index (κ2) is 12.0. The third kappa shape index (κ3) is 9.08. The zero-order valence-electron chi connectivity index (χ0n) is 25.0. The van der Waals surface area contributed by atoms with Crippen LogP contribution in [-0.4, -0.2) is 52.2 Å². The minimum absolute atomic E-state index is 0.255. The molecule has 2 aromatic heterocycles. The van der Waals surface area contributed by atoms with Gasteiger partial charge in [-0.3, -0.25) is 4.68 Å². The van der Waals surface area contributed by atoms with Crippen molar-refractivity contribution in [2.24, 2.45) is 7.05 Å². The fourth-order valence-corrected chi connectivity index (χ4v) is 4.34. The molecule has 0 bridgehead atoms. The second-order valence-electron chi connectivity index (χ2n) is 12.1. The average Bonchev–Trinajstić information content (AvgIpc) is 3.31. The molecule has 0 saturated heterocycles.